The molecule has 0 saturated heterocycles. The normalized spacial score (nSPS) is 48.0. The molecule has 0 nitrogen and oxygen atoms in total. The molecule has 3 aliphatic carbocycles. The summed E-state index contributed by atoms with van der Waals surface area (Å²) >= 11 is 0. The molecular formula is C11H20. The smallest absolute Gasteiger partial charge is 0.0331 e. The Morgan fingerprint density at radius 1 is 1.27 bits per heavy atom. The first kappa shape index (κ1) is 7.64. The van der Waals surface area contributed by atoms with Crippen LogP contribution >= 0.6 is 0 Å². The van der Waals surface area contributed by atoms with E-state index in [0.717, 1.165) is 29.6 Å². The van der Waals surface area contributed by atoms with Crippen LogP contribution in [0.25, 0.3) is 0 Å². The van der Waals surface area contributed by atoms with Crippen LogP contribution in [0.1, 0.15) is 40.0 Å². The molecule has 0 aromatic rings. The summed E-state index contributed by atoms with van der Waals surface area (Å²) in [5.41, 5.74) is 0. The van der Waals surface area contributed by atoms with Gasteiger partial charge in [0.2, 0.25) is 0 Å². The maximum absolute atomic E-state index is 2.40. The van der Waals surface area contributed by atoms with Crippen molar-refractivity contribution in [2.24, 2.45) is 29.6 Å². The quantitative estimate of drug-likeness (QED) is 0.569. The van der Waals surface area contributed by atoms with Gasteiger partial charge in [0.15, 0.2) is 0 Å². The maximum Gasteiger partial charge on any atom is -0.0331 e. The van der Waals surface area contributed by atoms with Crippen LogP contribution in [-0.2, 0) is 0 Å². The van der Waals surface area contributed by atoms with Gasteiger partial charge in [0, 0.05) is 0 Å². The summed E-state index contributed by atoms with van der Waals surface area (Å²) in [5, 5.41) is 0. The second-order valence-corrected chi connectivity index (χ2v) is 4.89. The second-order valence-electron chi connectivity index (χ2n) is 4.89. The standard InChI is InChI=1S/C11H20/c1-4-8-5-9-6-10(8)11(9)7(2)3/h7-11H,4-6H2,1-3H3. The number of hydrogen-bond acceptors (Lipinski definition) is 0. The first-order valence-electron chi connectivity index (χ1n) is 5.24. The average molecular weight is 152 g/mol. The third kappa shape index (κ3) is 0.947. The lowest BCUT2D eigenvalue weighted by Crippen LogP contribution is -2.33. The highest BCUT2D eigenvalue weighted by molar-refractivity contribution is 5.01. The fourth-order valence-electron chi connectivity index (χ4n) is 3.65. The molecule has 0 heterocycles. The molecule has 0 heteroatoms. The van der Waals surface area contributed by atoms with E-state index in [1.54, 1.807) is 12.8 Å². The van der Waals surface area contributed by atoms with E-state index >= 15 is 0 Å². The van der Waals surface area contributed by atoms with E-state index in [1.165, 1.54) is 6.42 Å². The van der Waals surface area contributed by atoms with Gasteiger partial charge in [0.1, 0.15) is 0 Å². The number of fused-ring (bicyclic) bond motifs is 1. The van der Waals surface area contributed by atoms with E-state index in [2.05, 4.69) is 20.8 Å². The van der Waals surface area contributed by atoms with Crippen LogP contribution in [0, 0.1) is 29.6 Å². The average Bonchev–Trinajstić information content (AvgIpc) is 2.39. The van der Waals surface area contributed by atoms with Crippen LogP contribution in [-0.4, -0.2) is 0 Å². The molecule has 0 aliphatic heterocycles. The summed E-state index contributed by atoms with van der Waals surface area (Å²) in [6.07, 6.45) is 4.57. The van der Waals surface area contributed by atoms with Crippen LogP contribution < -0.4 is 0 Å². The van der Waals surface area contributed by atoms with E-state index in [9.17, 15) is 0 Å². The lowest BCUT2D eigenvalue weighted by Gasteiger charge is -2.40. The van der Waals surface area contributed by atoms with Crippen molar-refractivity contribution >= 4 is 0 Å². The monoisotopic (exact) mass is 152 g/mol. The van der Waals surface area contributed by atoms with Crippen LogP contribution in [0.5, 0.6) is 0 Å². The van der Waals surface area contributed by atoms with Crippen LogP contribution in [0.4, 0.5) is 0 Å². The van der Waals surface area contributed by atoms with Gasteiger partial charge in [-0.3, -0.25) is 0 Å². The largest absolute Gasteiger partial charge is 0.0651 e. The Morgan fingerprint density at radius 3 is 2.36 bits per heavy atom. The van der Waals surface area contributed by atoms with Crippen LogP contribution in [0.3, 0.4) is 0 Å². The molecule has 3 rings (SSSR count). The van der Waals surface area contributed by atoms with Gasteiger partial charge >= 0.3 is 0 Å². The van der Waals surface area contributed by atoms with Crippen LogP contribution in [0.15, 0.2) is 0 Å². The van der Waals surface area contributed by atoms with Crippen molar-refractivity contribution in [1.82, 2.24) is 0 Å². The van der Waals surface area contributed by atoms with Gasteiger partial charge in [-0.2, -0.15) is 0 Å². The molecular weight excluding hydrogens is 132 g/mol. The third-order valence-electron chi connectivity index (χ3n) is 4.12. The van der Waals surface area contributed by atoms with Gasteiger partial charge in [-0.1, -0.05) is 27.2 Å². The Hall–Kier alpha value is 0. The highest BCUT2D eigenvalue weighted by Crippen LogP contribution is 2.60. The molecule has 2 bridgehead atoms. The lowest BCUT2D eigenvalue weighted by atomic mass is 9.65. The van der Waals surface area contributed by atoms with Crippen molar-refractivity contribution in [3.8, 4) is 0 Å². The minimum Gasteiger partial charge on any atom is -0.0651 e. The molecule has 0 aromatic carbocycles. The van der Waals surface area contributed by atoms with Gasteiger partial charge in [-0.15, -0.1) is 0 Å². The number of rotatable bonds is 2. The third-order valence-corrected chi connectivity index (χ3v) is 4.12. The second kappa shape index (κ2) is 2.50. The van der Waals surface area contributed by atoms with E-state index in [-0.39, 0.29) is 0 Å². The highest BCUT2D eigenvalue weighted by Gasteiger charge is 2.52. The fraction of sp³-hybridized carbons (Fsp3) is 1.00. The zero-order chi connectivity index (χ0) is 8.01. The molecule has 3 fully saturated rings. The molecule has 64 valence electrons. The van der Waals surface area contributed by atoms with Crippen molar-refractivity contribution in [3.63, 3.8) is 0 Å². The van der Waals surface area contributed by atoms with Gasteiger partial charge in [0.05, 0.1) is 0 Å². The topological polar surface area (TPSA) is 0 Å². The van der Waals surface area contributed by atoms with E-state index in [1.807, 2.05) is 0 Å². The highest BCUT2D eigenvalue weighted by atomic mass is 14.6. The zero-order valence-electron chi connectivity index (χ0n) is 8.01. The van der Waals surface area contributed by atoms with Crippen LogP contribution in [0.2, 0.25) is 0 Å². The zero-order valence-corrected chi connectivity index (χ0v) is 8.01. The number of hydrogen-bond donors (Lipinski definition) is 0. The summed E-state index contributed by atoms with van der Waals surface area (Å²) in [6, 6.07) is 0. The molecule has 3 saturated carbocycles. The molecule has 0 spiro atoms. The summed E-state index contributed by atoms with van der Waals surface area (Å²) in [7, 11) is 0. The Balaban J connectivity index is 2.00. The molecule has 3 aliphatic rings. The minimum absolute atomic E-state index is 0.954. The molecule has 4 atom stereocenters. The summed E-state index contributed by atoms with van der Waals surface area (Å²) in [5.74, 6) is 5.43. The first-order valence-corrected chi connectivity index (χ1v) is 5.24. The van der Waals surface area contributed by atoms with Crippen molar-refractivity contribution in [2.45, 2.75) is 40.0 Å². The van der Waals surface area contributed by atoms with Crippen molar-refractivity contribution in [2.75, 3.05) is 0 Å². The Kier molecular flexibility index (Phi) is 1.74. The van der Waals surface area contributed by atoms with E-state index in [4.69, 9.17) is 0 Å². The fourth-order valence-corrected chi connectivity index (χ4v) is 3.65. The Labute approximate surface area is 70.4 Å². The maximum atomic E-state index is 2.40. The molecule has 4 unspecified atom stereocenters. The van der Waals surface area contributed by atoms with Gasteiger partial charge in [0.25, 0.3) is 0 Å². The van der Waals surface area contributed by atoms with Gasteiger partial charge in [-0.05, 0) is 42.4 Å². The summed E-state index contributed by atoms with van der Waals surface area (Å²) < 4.78 is 0. The van der Waals surface area contributed by atoms with Crippen molar-refractivity contribution in [3.05, 3.63) is 0 Å². The minimum atomic E-state index is 0.954. The SMILES string of the molecule is CCC1CC2CC1C2C(C)C. The Bertz CT molecular complexity index is 148. The molecule has 0 amide bonds. The lowest BCUT2D eigenvalue weighted by molar-refractivity contribution is 0.0889. The predicted molar refractivity (Wildman–Crippen MR) is 48.3 cm³/mol. The molecule has 11 heavy (non-hydrogen) atoms. The molecule has 0 aromatic heterocycles. The molecule has 0 N–H and O–H groups in total. The van der Waals surface area contributed by atoms with E-state index in [0.29, 0.717) is 0 Å². The molecule has 0 radical (unpaired) electrons. The van der Waals surface area contributed by atoms with Crippen molar-refractivity contribution < 1.29 is 0 Å². The van der Waals surface area contributed by atoms with E-state index < -0.39 is 0 Å². The predicted octanol–water partition coefficient (Wildman–Crippen LogP) is 3.32. The first-order chi connectivity index (χ1) is 5.24. The van der Waals surface area contributed by atoms with Gasteiger partial charge in [-0.25, -0.2) is 0 Å². The van der Waals surface area contributed by atoms with Crippen molar-refractivity contribution in [1.29, 1.82) is 0 Å². The van der Waals surface area contributed by atoms with Gasteiger partial charge < -0.3 is 0 Å². The Morgan fingerprint density at radius 2 is 2.00 bits per heavy atom. The summed E-state index contributed by atoms with van der Waals surface area (Å²) in [6.45, 7) is 7.17. The summed E-state index contributed by atoms with van der Waals surface area (Å²) in [4.78, 5) is 0.